The molecule has 1 aliphatic rings. The van der Waals surface area contributed by atoms with E-state index in [1.807, 2.05) is 13.8 Å². The molecule has 3 rings (SSSR count). The molecule has 1 aromatic carbocycles. The second-order valence-electron chi connectivity index (χ2n) is 5.84. The smallest absolute Gasteiger partial charge is 0.262 e. The number of amides is 1. The largest absolute Gasteiger partial charge is 0.349 e. The van der Waals surface area contributed by atoms with Crippen LogP contribution in [0.1, 0.15) is 37.0 Å². The molecule has 1 amide bonds. The molecule has 1 atom stereocenters. The highest BCUT2D eigenvalue weighted by atomic mass is 32.1. The molecule has 0 aliphatic heterocycles. The Labute approximate surface area is 133 Å². The van der Waals surface area contributed by atoms with Crippen LogP contribution in [0.4, 0.5) is 0 Å². The van der Waals surface area contributed by atoms with E-state index in [4.69, 9.17) is 12.2 Å². The molecule has 6 heteroatoms. The Balaban J connectivity index is 1.97. The van der Waals surface area contributed by atoms with Crippen LogP contribution < -0.4 is 10.9 Å². The molecule has 1 aromatic heterocycles. The summed E-state index contributed by atoms with van der Waals surface area (Å²) in [6, 6.07) is 5.26. The predicted octanol–water partition coefficient (Wildman–Crippen LogP) is 2.61. The van der Waals surface area contributed by atoms with E-state index in [1.165, 1.54) is 17.4 Å². The molecule has 1 fully saturated rings. The molecule has 0 radical (unpaired) electrons. The average Bonchev–Trinajstić information content (AvgIpc) is 3.31. The van der Waals surface area contributed by atoms with Gasteiger partial charge in [-0.2, -0.15) is 0 Å². The summed E-state index contributed by atoms with van der Waals surface area (Å²) < 4.78 is 1.89. The molecule has 1 heterocycles. The molecular formula is C16H19N3O2S. The topological polar surface area (TPSA) is 66.9 Å². The lowest BCUT2D eigenvalue weighted by molar-refractivity contribution is 0.0936. The summed E-state index contributed by atoms with van der Waals surface area (Å²) in [7, 11) is 0. The summed E-state index contributed by atoms with van der Waals surface area (Å²) in [6.07, 6.45) is 2.37. The molecule has 22 heavy (non-hydrogen) atoms. The molecule has 5 nitrogen and oxygen atoms in total. The van der Waals surface area contributed by atoms with Gasteiger partial charge in [0.1, 0.15) is 0 Å². The molecule has 1 aliphatic carbocycles. The highest BCUT2D eigenvalue weighted by Gasteiger charge is 2.29. The van der Waals surface area contributed by atoms with Crippen LogP contribution in [0.25, 0.3) is 10.9 Å². The van der Waals surface area contributed by atoms with E-state index in [9.17, 15) is 9.59 Å². The van der Waals surface area contributed by atoms with Crippen LogP contribution in [-0.4, -0.2) is 21.5 Å². The molecule has 1 saturated carbocycles. The lowest BCUT2D eigenvalue weighted by Gasteiger charge is -2.13. The number of aromatic amines is 1. The van der Waals surface area contributed by atoms with Gasteiger partial charge < -0.3 is 10.3 Å². The number of rotatable bonds is 4. The quantitative estimate of drug-likeness (QED) is 0.852. The Morgan fingerprint density at radius 1 is 1.50 bits per heavy atom. The minimum absolute atomic E-state index is 0.111. The van der Waals surface area contributed by atoms with Gasteiger partial charge in [-0.3, -0.25) is 14.2 Å². The SMILES string of the molecule is CCn1c(=S)[nH]c2cc(C(=O)NC(C)C3CC3)ccc2c1=O. The van der Waals surface area contributed by atoms with Crippen LogP contribution in [0.3, 0.4) is 0 Å². The van der Waals surface area contributed by atoms with Crippen molar-refractivity contribution in [1.82, 2.24) is 14.9 Å². The Bertz CT molecular complexity index is 849. The van der Waals surface area contributed by atoms with E-state index >= 15 is 0 Å². The Morgan fingerprint density at radius 2 is 2.23 bits per heavy atom. The number of H-pyrrole nitrogens is 1. The van der Waals surface area contributed by atoms with Crippen LogP contribution in [0.15, 0.2) is 23.0 Å². The Morgan fingerprint density at radius 3 is 2.86 bits per heavy atom. The number of nitrogens with one attached hydrogen (secondary N) is 2. The fourth-order valence-electron chi connectivity index (χ4n) is 2.69. The van der Waals surface area contributed by atoms with Crippen molar-refractivity contribution in [2.45, 2.75) is 39.3 Å². The maximum absolute atomic E-state index is 12.3. The molecule has 1 unspecified atom stereocenters. The zero-order chi connectivity index (χ0) is 15.9. The maximum Gasteiger partial charge on any atom is 0.262 e. The van der Waals surface area contributed by atoms with Crippen molar-refractivity contribution < 1.29 is 4.79 Å². The van der Waals surface area contributed by atoms with E-state index in [1.54, 1.807) is 18.2 Å². The third kappa shape index (κ3) is 2.70. The van der Waals surface area contributed by atoms with Crippen molar-refractivity contribution in [3.63, 3.8) is 0 Å². The normalized spacial score (nSPS) is 15.7. The first kappa shape index (κ1) is 15.0. The first-order valence-corrected chi connectivity index (χ1v) is 8.00. The predicted molar refractivity (Wildman–Crippen MR) is 88.7 cm³/mol. The minimum atomic E-state index is -0.125. The van der Waals surface area contributed by atoms with Gasteiger partial charge in [-0.1, -0.05) is 0 Å². The molecule has 0 bridgehead atoms. The standard InChI is InChI=1S/C16H19N3O2S/c1-3-19-15(21)12-7-6-11(8-13(12)18-16(19)22)14(20)17-9(2)10-4-5-10/h6-10H,3-5H2,1-2H3,(H,17,20)(H,18,22). The van der Waals surface area contributed by atoms with E-state index in [-0.39, 0.29) is 17.5 Å². The number of carbonyl (C=O) groups is 1. The van der Waals surface area contributed by atoms with Gasteiger partial charge in [-0.25, -0.2) is 0 Å². The lowest BCUT2D eigenvalue weighted by Crippen LogP contribution is -2.34. The van der Waals surface area contributed by atoms with Crippen molar-refractivity contribution in [2.24, 2.45) is 5.92 Å². The highest BCUT2D eigenvalue weighted by molar-refractivity contribution is 7.71. The van der Waals surface area contributed by atoms with Gasteiger partial charge in [0.25, 0.3) is 11.5 Å². The van der Waals surface area contributed by atoms with Crippen molar-refractivity contribution in [2.75, 3.05) is 0 Å². The third-order valence-electron chi connectivity index (χ3n) is 4.25. The molecular weight excluding hydrogens is 298 g/mol. The van der Waals surface area contributed by atoms with Gasteiger partial charge in [0.05, 0.1) is 10.9 Å². The summed E-state index contributed by atoms with van der Waals surface area (Å²) in [5.41, 5.74) is 1.02. The van der Waals surface area contributed by atoms with E-state index in [0.29, 0.717) is 33.7 Å². The fraction of sp³-hybridized carbons (Fsp3) is 0.438. The molecule has 0 saturated heterocycles. The lowest BCUT2D eigenvalue weighted by atomic mass is 10.1. The van der Waals surface area contributed by atoms with Gasteiger partial charge in [0.2, 0.25) is 0 Å². The van der Waals surface area contributed by atoms with Crippen LogP contribution in [0.5, 0.6) is 0 Å². The van der Waals surface area contributed by atoms with Crippen molar-refractivity contribution >= 4 is 29.0 Å². The Hall–Kier alpha value is -1.95. The van der Waals surface area contributed by atoms with Crippen LogP contribution >= 0.6 is 12.2 Å². The summed E-state index contributed by atoms with van der Waals surface area (Å²) in [5.74, 6) is 0.493. The van der Waals surface area contributed by atoms with Gasteiger partial charge >= 0.3 is 0 Å². The average molecular weight is 317 g/mol. The number of carbonyl (C=O) groups excluding carboxylic acids is 1. The van der Waals surface area contributed by atoms with Gasteiger partial charge in [0.15, 0.2) is 4.77 Å². The molecule has 2 aromatic rings. The number of benzene rings is 1. The summed E-state index contributed by atoms with van der Waals surface area (Å²) in [6.45, 7) is 4.42. The molecule has 0 spiro atoms. The fourth-order valence-corrected chi connectivity index (χ4v) is 3.01. The second kappa shape index (κ2) is 5.68. The third-order valence-corrected chi connectivity index (χ3v) is 4.57. The van der Waals surface area contributed by atoms with E-state index < -0.39 is 0 Å². The number of nitrogens with zero attached hydrogens (tertiary/aromatic N) is 1. The van der Waals surface area contributed by atoms with Crippen molar-refractivity contribution in [3.8, 4) is 0 Å². The first-order valence-electron chi connectivity index (χ1n) is 7.59. The van der Waals surface area contributed by atoms with Crippen molar-refractivity contribution in [1.29, 1.82) is 0 Å². The number of hydrogen-bond acceptors (Lipinski definition) is 3. The maximum atomic E-state index is 12.3. The van der Waals surface area contributed by atoms with Crippen molar-refractivity contribution in [3.05, 3.63) is 38.9 Å². The molecule has 116 valence electrons. The zero-order valence-corrected chi connectivity index (χ0v) is 13.5. The number of aromatic nitrogens is 2. The highest BCUT2D eigenvalue weighted by Crippen LogP contribution is 2.32. The van der Waals surface area contributed by atoms with Gasteiger partial charge in [-0.05, 0) is 63.0 Å². The van der Waals surface area contributed by atoms with Crippen LogP contribution in [0, 0.1) is 10.7 Å². The van der Waals surface area contributed by atoms with Gasteiger partial charge in [-0.15, -0.1) is 0 Å². The monoisotopic (exact) mass is 317 g/mol. The van der Waals surface area contributed by atoms with Crippen LogP contribution in [0.2, 0.25) is 0 Å². The molecule has 2 N–H and O–H groups in total. The Kier molecular flexibility index (Phi) is 3.87. The van der Waals surface area contributed by atoms with E-state index in [2.05, 4.69) is 10.3 Å². The number of hydrogen-bond donors (Lipinski definition) is 2. The first-order chi connectivity index (χ1) is 10.5. The van der Waals surface area contributed by atoms with Gasteiger partial charge in [0, 0.05) is 18.2 Å². The second-order valence-corrected chi connectivity index (χ2v) is 6.23. The number of fused-ring (bicyclic) bond motifs is 1. The summed E-state index contributed by atoms with van der Waals surface area (Å²) >= 11 is 5.19. The minimum Gasteiger partial charge on any atom is -0.349 e. The zero-order valence-electron chi connectivity index (χ0n) is 12.7. The summed E-state index contributed by atoms with van der Waals surface area (Å²) in [5, 5.41) is 3.56. The van der Waals surface area contributed by atoms with E-state index in [0.717, 1.165) is 0 Å². The summed E-state index contributed by atoms with van der Waals surface area (Å²) in [4.78, 5) is 27.6. The van der Waals surface area contributed by atoms with Crippen LogP contribution in [-0.2, 0) is 6.54 Å².